The highest BCUT2D eigenvalue weighted by Gasteiger charge is 2.35. The molecular formula is C30H31F3N6O. The Hall–Kier alpha value is -3.91. The first-order valence-corrected chi connectivity index (χ1v) is 13.1. The molecule has 3 heterocycles. The van der Waals surface area contributed by atoms with Gasteiger partial charge in [-0.05, 0) is 68.9 Å². The van der Waals surface area contributed by atoms with Crippen molar-refractivity contribution in [3.05, 3.63) is 87.6 Å². The van der Waals surface area contributed by atoms with Crippen LogP contribution in [0.3, 0.4) is 0 Å². The molecule has 1 amide bonds. The van der Waals surface area contributed by atoms with Crippen LogP contribution >= 0.6 is 0 Å². The Morgan fingerprint density at radius 3 is 2.75 bits per heavy atom. The van der Waals surface area contributed by atoms with Crippen LogP contribution in [0, 0.1) is 18.8 Å². The number of aromatic nitrogens is 1. The van der Waals surface area contributed by atoms with E-state index in [1.165, 1.54) is 12.1 Å². The first-order chi connectivity index (χ1) is 19.1. The van der Waals surface area contributed by atoms with Gasteiger partial charge in [0.2, 0.25) is 0 Å². The number of likely N-dealkylation sites (N-methyl/N-ethyl adjacent to an activating group) is 1. The van der Waals surface area contributed by atoms with Crippen molar-refractivity contribution in [3.63, 3.8) is 0 Å². The fourth-order valence-corrected chi connectivity index (χ4v) is 4.96. The van der Waals surface area contributed by atoms with Gasteiger partial charge in [0.25, 0.3) is 5.91 Å². The molecule has 3 N–H and O–H groups in total. The zero-order valence-electron chi connectivity index (χ0n) is 22.6. The van der Waals surface area contributed by atoms with E-state index in [0.717, 1.165) is 48.1 Å². The van der Waals surface area contributed by atoms with E-state index < -0.39 is 17.6 Å². The molecule has 1 saturated heterocycles. The standard InChI is InChI=1S/C30H31F3N6O/c1-19-4-6-22(13-21(19)7-5-20-12-24-16-35-37-28(24)34-15-20)29(40)36-25-9-8-23(27(14-25)30(31,32)33)17-39-11-10-26(18-39)38(2)3/h4,6,8-9,12-15,26,35H,10-11,16-18H2,1-3H3,(H,34,37)(H,36,40)/t26-/m1/s1. The number of anilines is 2. The molecule has 2 aliphatic heterocycles. The van der Waals surface area contributed by atoms with Crippen LogP contribution in [0.4, 0.5) is 24.7 Å². The molecule has 208 valence electrons. The second kappa shape index (κ2) is 11.3. The number of rotatable bonds is 5. The molecule has 0 saturated carbocycles. The number of nitrogens with one attached hydrogen (secondary N) is 3. The van der Waals surface area contributed by atoms with E-state index in [0.29, 0.717) is 23.7 Å². The van der Waals surface area contributed by atoms with Crippen LogP contribution in [0.15, 0.2) is 48.7 Å². The maximum atomic E-state index is 14.0. The van der Waals surface area contributed by atoms with Crippen molar-refractivity contribution in [1.82, 2.24) is 20.2 Å². The predicted molar refractivity (Wildman–Crippen MR) is 149 cm³/mol. The van der Waals surface area contributed by atoms with Crippen molar-refractivity contribution < 1.29 is 18.0 Å². The number of nitrogens with zero attached hydrogens (tertiary/aromatic N) is 3. The molecule has 0 radical (unpaired) electrons. The Balaban J connectivity index is 1.32. The molecule has 10 heteroatoms. The molecular weight excluding hydrogens is 517 g/mol. The molecule has 0 aliphatic carbocycles. The number of aryl methyl sites for hydroxylation is 1. The predicted octanol–water partition coefficient (Wildman–Crippen LogP) is 4.63. The SMILES string of the molecule is Cc1ccc(C(=O)Nc2ccc(CN3CC[C@@H](N(C)C)C3)c(C(F)(F)F)c2)cc1C#Cc1cnc2c(c1)CNN2. The van der Waals surface area contributed by atoms with E-state index in [4.69, 9.17) is 0 Å². The highest BCUT2D eigenvalue weighted by Crippen LogP contribution is 2.35. The maximum Gasteiger partial charge on any atom is 0.416 e. The summed E-state index contributed by atoms with van der Waals surface area (Å²) in [5.74, 6) is 6.45. The van der Waals surface area contributed by atoms with Gasteiger partial charge in [0.15, 0.2) is 0 Å². The zero-order chi connectivity index (χ0) is 28.4. The van der Waals surface area contributed by atoms with Crippen LogP contribution in [0.5, 0.6) is 0 Å². The van der Waals surface area contributed by atoms with E-state index >= 15 is 0 Å². The summed E-state index contributed by atoms with van der Waals surface area (Å²) in [6, 6.07) is 11.3. The van der Waals surface area contributed by atoms with Crippen LogP contribution in [-0.4, -0.2) is 53.9 Å². The van der Waals surface area contributed by atoms with Crippen LogP contribution in [-0.2, 0) is 19.3 Å². The third-order valence-electron chi connectivity index (χ3n) is 7.34. The van der Waals surface area contributed by atoms with Crippen molar-refractivity contribution >= 4 is 17.4 Å². The lowest BCUT2D eigenvalue weighted by atomic mass is 10.0. The fourth-order valence-electron chi connectivity index (χ4n) is 4.96. The number of amides is 1. The molecule has 0 unspecified atom stereocenters. The highest BCUT2D eigenvalue weighted by atomic mass is 19.4. The summed E-state index contributed by atoms with van der Waals surface area (Å²) < 4.78 is 42.0. The summed E-state index contributed by atoms with van der Waals surface area (Å²) in [5, 5.41) is 2.63. The van der Waals surface area contributed by atoms with Crippen LogP contribution < -0.4 is 16.2 Å². The number of hydrogen-bond acceptors (Lipinski definition) is 6. The van der Waals surface area contributed by atoms with Crippen molar-refractivity contribution in [2.75, 3.05) is 37.9 Å². The number of alkyl halides is 3. The summed E-state index contributed by atoms with van der Waals surface area (Å²) in [6.07, 6.45) is -1.95. The molecule has 0 bridgehead atoms. The average Bonchev–Trinajstić information content (AvgIpc) is 3.58. The first-order valence-electron chi connectivity index (χ1n) is 13.1. The molecule has 5 rings (SSSR count). The number of hydrogen-bond donors (Lipinski definition) is 3. The minimum atomic E-state index is -4.54. The molecule has 2 aromatic carbocycles. The molecule has 1 aromatic heterocycles. The van der Waals surface area contributed by atoms with Gasteiger partial charge < -0.3 is 15.6 Å². The Bertz CT molecular complexity index is 1490. The van der Waals surface area contributed by atoms with E-state index in [-0.39, 0.29) is 17.8 Å². The van der Waals surface area contributed by atoms with Gasteiger partial charge in [0, 0.05) is 66.4 Å². The second-order valence-electron chi connectivity index (χ2n) is 10.5. The second-order valence-corrected chi connectivity index (χ2v) is 10.5. The summed E-state index contributed by atoms with van der Waals surface area (Å²) in [4.78, 5) is 21.5. The normalized spacial score (nSPS) is 16.8. The molecule has 0 spiro atoms. The lowest BCUT2D eigenvalue weighted by Crippen LogP contribution is -2.31. The molecule has 1 fully saturated rings. The number of carbonyl (C=O) groups excluding carboxylic acids is 1. The smallest absolute Gasteiger partial charge is 0.322 e. The minimum absolute atomic E-state index is 0.0910. The first kappa shape index (κ1) is 27.6. The zero-order valence-corrected chi connectivity index (χ0v) is 22.6. The van der Waals surface area contributed by atoms with Gasteiger partial charge in [0.05, 0.1) is 5.56 Å². The number of hydrazine groups is 1. The van der Waals surface area contributed by atoms with Gasteiger partial charge in [-0.2, -0.15) is 13.2 Å². The summed E-state index contributed by atoms with van der Waals surface area (Å²) in [5.41, 5.74) is 9.11. The number of likely N-dealkylation sites (tertiary alicyclic amines) is 1. The minimum Gasteiger partial charge on any atom is -0.322 e. The van der Waals surface area contributed by atoms with Crippen molar-refractivity contribution in [1.29, 1.82) is 0 Å². The van der Waals surface area contributed by atoms with Gasteiger partial charge in [-0.3, -0.25) is 9.69 Å². The molecule has 2 aliphatic rings. The van der Waals surface area contributed by atoms with Gasteiger partial charge in [-0.25, -0.2) is 10.4 Å². The number of carbonyl (C=O) groups is 1. The quantitative estimate of drug-likeness (QED) is 0.404. The highest BCUT2D eigenvalue weighted by molar-refractivity contribution is 6.04. The number of pyridine rings is 1. The van der Waals surface area contributed by atoms with Gasteiger partial charge in [-0.15, -0.1) is 0 Å². The van der Waals surface area contributed by atoms with E-state index in [9.17, 15) is 18.0 Å². The van der Waals surface area contributed by atoms with E-state index in [2.05, 4.69) is 37.9 Å². The number of halogens is 3. The van der Waals surface area contributed by atoms with Gasteiger partial charge in [-0.1, -0.05) is 24.0 Å². The molecule has 1 atom stereocenters. The third kappa shape index (κ3) is 6.28. The average molecular weight is 549 g/mol. The van der Waals surface area contributed by atoms with Crippen LogP contribution in [0.25, 0.3) is 0 Å². The summed E-state index contributed by atoms with van der Waals surface area (Å²) >= 11 is 0. The Morgan fingerprint density at radius 2 is 2.00 bits per heavy atom. The lowest BCUT2D eigenvalue weighted by molar-refractivity contribution is -0.138. The Labute approximate surface area is 231 Å². The van der Waals surface area contributed by atoms with Crippen molar-refractivity contribution in [2.24, 2.45) is 0 Å². The largest absolute Gasteiger partial charge is 0.416 e. The lowest BCUT2D eigenvalue weighted by Gasteiger charge is -2.22. The molecule has 40 heavy (non-hydrogen) atoms. The van der Waals surface area contributed by atoms with Crippen molar-refractivity contribution in [3.8, 4) is 11.8 Å². The topological polar surface area (TPSA) is 72.5 Å². The summed E-state index contributed by atoms with van der Waals surface area (Å²) in [7, 11) is 3.97. The van der Waals surface area contributed by atoms with Gasteiger partial charge >= 0.3 is 6.18 Å². The fraction of sp³-hybridized carbons (Fsp3) is 0.333. The number of benzene rings is 2. The monoisotopic (exact) mass is 548 g/mol. The Morgan fingerprint density at radius 1 is 1.18 bits per heavy atom. The molecule has 7 nitrogen and oxygen atoms in total. The van der Waals surface area contributed by atoms with Crippen molar-refractivity contribution in [2.45, 2.75) is 38.7 Å². The molecule has 3 aromatic rings. The summed E-state index contributed by atoms with van der Waals surface area (Å²) in [6.45, 7) is 4.21. The van der Waals surface area contributed by atoms with E-state index in [1.807, 2.05) is 32.0 Å². The van der Waals surface area contributed by atoms with Crippen LogP contribution in [0.2, 0.25) is 0 Å². The van der Waals surface area contributed by atoms with Crippen LogP contribution in [0.1, 0.15) is 50.2 Å². The van der Waals surface area contributed by atoms with Gasteiger partial charge in [0.1, 0.15) is 5.82 Å². The number of fused-ring (bicyclic) bond motifs is 1. The Kier molecular flexibility index (Phi) is 7.81. The van der Waals surface area contributed by atoms with E-state index in [1.54, 1.807) is 24.4 Å². The maximum absolute atomic E-state index is 14.0. The third-order valence-corrected chi connectivity index (χ3v) is 7.34.